The quantitative estimate of drug-likeness (QED) is 0.875. The van der Waals surface area contributed by atoms with Crippen molar-refractivity contribution >= 4 is 5.91 Å². The van der Waals surface area contributed by atoms with Crippen molar-refractivity contribution in [2.45, 2.75) is 6.92 Å². The number of hydrogen-bond donors (Lipinski definition) is 1. The zero-order valence-corrected chi connectivity index (χ0v) is 10.9. The van der Waals surface area contributed by atoms with Gasteiger partial charge < -0.3 is 10.0 Å². The fraction of sp³-hybridized carbons (Fsp3) is 0.308. The van der Waals surface area contributed by atoms with Gasteiger partial charge in [0.25, 0.3) is 5.91 Å². The van der Waals surface area contributed by atoms with Gasteiger partial charge in [0.1, 0.15) is 0 Å². The molecule has 1 amide bonds. The molecule has 1 aromatic heterocycles. The number of benzene rings is 1. The van der Waals surface area contributed by atoms with E-state index < -0.39 is 0 Å². The number of aliphatic hydroxyl groups excluding tert-OH is 1. The van der Waals surface area contributed by atoms with Gasteiger partial charge >= 0.3 is 0 Å². The van der Waals surface area contributed by atoms with E-state index in [9.17, 15) is 4.79 Å². The second kappa shape index (κ2) is 5.62. The Hall–Kier alpha value is -2.21. The molecule has 0 aliphatic carbocycles. The molecule has 19 heavy (non-hydrogen) atoms. The van der Waals surface area contributed by atoms with Gasteiger partial charge in [0.05, 0.1) is 18.5 Å². The number of carbonyl (C=O) groups is 1. The topological polar surface area (TPSA) is 71.2 Å². The van der Waals surface area contributed by atoms with Crippen molar-refractivity contribution in [3.05, 3.63) is 41.7 Å². The summed E-state index contributed by atoms with van der Waals surface area (Å²) in [4.78, 5) is 13.3. The van der Waals surface area contributed by atoms with Gasteiger partial charge in [0.15, 0.2) is 5.69 Å². The molecule has 6 nitrogen and oxygen atoms in total. The average Bonchev–Trinajstić information content (AvgIpc) is 2.88. The number of aliphatic hydroxyl groups is 1. The minimum Gasteiger partial charge on any atom is -0.395 e. The highest BCUT2D eigenvalue weighted by Gasteiger charge is 2.15. The molecule has 0 atom stereocenters. The summed E-state index contributed by atoms with van der Waals surface area (Å²) in [6, 6.07) is 7.76. The molecule has 1 heterocycles. The van der Waals surface area contributed by atoms with Crippen LogP contribution in [0.15, 0.2) is 30.5 Å². The summed E-state index contributed by atoms with van der Waals surface area (Å²) in [5.74, 6) is -0.257. The lowest BCUT2D eigenvalue weighted by atomic mass is 10.2. The average molecular weight is 260 g/mol. The number of hydrogen-bond acceptors (Lipinski definition) is 4. The van der Waals surface area contributed by atoms with Crippen molar-refractivity contribution < 1.29 is 9.90 Å². The largest absolute Gasteiger partial charge is 0.395 e. The monoisotopic (exact) mass is 260 g/mol. The van der Waals surface area contributed by atoms with Crippen molar-refractivity contribution in [1.82, 2.24) is 19.9 Å². The molecule has 0 radical (unpaired) electrons. The lowest BCUT2D eigenvalue weighted by molar-refractivity contribution is 0.0761. The molecule has 6 heteroatoms. The van der Waals surface area contributed by atoms with Gasteiger partial charge in [-0.15, -0.1) is 5.10 Å². The fourth-order valence-electron chi connectivity index (χ4n) is 1.63. The standard InChI is InChI=1S/C13H16N4O2/c1-10-3-5-11(6-4-10)17-9-12(14-15-17)13(19)16(2)7-8-18/h3-6,9,18H,7-8H2,1-2H3. The summed E-state index contributed by atoms with van der Waals surface area (Å²) >= 11 is 0. The predicted molar refractivity (Wildman–Crippen MR) is 70.1 cm³/mol. The Balaban J connectivity index is 2.19. The summed E-state index contributed by atoms with van der Waals surface area (Å²) in [6.07, 6.45) is 1.58. The molecule has 0 aliphatic heterocycles. The van der Waals surface area contributed by atoms with Crippen LogP contribution >= 0.6 is 0 Å². The zero-order chi connectivity index (χ0) is 13.8. The number of likely N-dealkylation sites (N-methyl/N-ethyl adjacent to an activating group) is 1. The molecular weight excluding hydrogens is 244 g/mol. The Morgan fingerprint density at radius 3 is 2.68 bits per heavy atom. The Morgan fingerprint density at radius 2 is 2.05 bits per heavy atom. The van der Waals surface area contributed by atoms with E-state index in [1.54, 1.807) is 17.9 Å². The van der Waals surface area contributed by atoms with Crippen LogP contribution in [0.2, 0.25) is 0 Å². The van der Waals surface area contributed by atoms with Crippen molar-refractivity contribution in [2.24, 2.45) is 0 Å². The highest BCUT2D eigenvalue weighted by molar-refractivity contribution is 5.91. The number of aryl methyl sites for hydroxylation is 1. The van der Waals surface area contributed by atoms with Crippen LogP contribution in [-0.2, 0) is 0 Å². The third-order valence-electron chi connectivity index (χ3n) is 2.79. The molecule has 0 saturated heterocycles. The number of nitrogens with zero attached hydrogens (tertiary/aromatic N) is 4. The highest BCUT2D eigenvalue weighted by atomic mass is 16.3. The van der Waals surface area contributed by atoms with Crippen LogP contribution < -0.4 is 0 Å². The molecule has 1 N–H and O–H groups in total. The van der Waals surface area contributed by atoms with Crippen LogP contribution in [0.4, 0.5) is 0 Å². The van der Waals surface area contributed by atoms with E-state index in [2.05, 4.69) is 10.3 Å². The van der Waals surface area contributed by atoms with E-state index in [4.69, 9.17) is 5.11 Å². The number of amides is 1. The summed E-state index contributed by atoms with van der Waals surface area (Å²) < 4.78 is 1.56. The molecule has 2 rings (SSSR count). The molecule has 2 aromatic rings. The maximum absolute atomic E-state index is 11.9. The molecule has 100 valence electrons. The second-order valence-corrected chi connectivity index (χ2v) is 4.33. The Kier molecular flexibility index (Phi) is 3.91. The maximum atomic E-state index is 11.9. The molecule has 1 aromatic carbocycles. The first-order valence-electron chi connectivity index (χ1n) is 5.97. The van der Waals surface area contributed by atoms with Crippen LogP contribution in [0.1, 0.15) is 16.1 Å². The van der Waals surface area contributed by atoms with Crippen LogP contribution in [0, 0.1) is 6.92 Å². The van der Waals surface area contributed by atoms with Crippen LogP contribution in [-0.4, -0.2) is 51.1 Å². The van der Waals surface area contributed by atoms with Gasteiger partial charge in [-0.2, -0.15) is 0 Å². The van der Waals surface area contributed by atoms with Crippen molar-refractivity contribution in [3.63, 3.8) is 0 Å². The molecule has 0 saturated carbocycles. The van der Waals surface area contributed by atoms with Crippen molar-refractivity contribution in [2.75, 3.05) is 20.2 Å². The van der Waals surface area contributed by atoms with Crippen molar-refractivity contribution in [3.8, 4) is 5.69 Å². The Morgan fingerprint density at radius 1 is 1.37 bits per heavy atom. The predicted octanol–water partition coefficient (Wildman–Crippen LogP) is 0.640. The van der Waals surface area contributed by atoms with Gasteiger partial charge in [-0.1, -0.05) is 22.9 Å². The zero-order valence-electron chi connectivity index (χ0n) is 10.9. The molecule has 0 spiro atoms. The Labute approximate surface area is 111 Å². The number of carbonyl (C=O) groups excluding carboxylic acids is 1. The van der Waals surface area contributed by atoms with E-state index in [-0.39, 0.29) is 24.8 Å². The molecular formula is C13H16N4O2. The third-order valence-corrected chi connectivity index (χ3v) is 2.79. The smallest absolute Gasteiger partial charge is 0.275 e. The van der Waals surface area contributed by atoms with Crippen LogP contribution in [0.3, 0.4) is 0 Å². The van der Waals surface area contributed by atoms with Gasteiger partial charge in [0.2, 0.25) is 0 Å². The number of aromatic nitrogens is 3. The third kappa shape index (κ3) is 2.97. The number of rotatable bonds is 4. The highest BCUT2D eigenvalue weighted by Crippen LogP contribution is 2.09. The minimum atomic E-state index is -0.257. The summed E-state index contributed by atoms with van der Waals surface area (Å²) in [5, 5.41) is 16.6. The van der Waals surface area contributed by atoms with Crippen LogP contribution in [0.25, 0.3) is 5.69 Å². The first-order chi connectivity index (χ1) is 9.11. The second-order valence-electron chi connectivity index (χ2n) is 4.33. The van der Waals surface area contributed by atoms with Gasteiger partial charge in [-0.3, -0.25) is 4.79 Å². The van der Waals surface area contributed by atoms with Gasteiger partial charge in [-0.05, 0) is 19.1 Å². The van der Waals surface area contributed by atoms with Gasteiger partial charge in [0, 0.05) is 13.6 Å². The first kappa shape index (κ1) is 13.2. The van der Waals surface area contributed by atoms with E-state index in [1.165, 1.54) is 4.90 Å². The van der Waals surface area contributed by atoms with Gasteiger partial charge in [-0.25, -0.2) is 4.68 Å². The lowest BCUT2D eigenvalue weighted by Gasteiger charge is -2.12. The van der Waals surface area contributed by atoms with E-state index in [0.717, 1.165) is 11.3 Å². The Bertz CT molecular complexity index is 562. The summed E-state index contributed by atoms with van der Waals surface area (Å²) in [6.45, 7) is 2.20. The molecule has 0 bridgehead atoms. The first-order valence-corrected chi connectivity index (χ1v) is 5.97. The molecule has 0 aliphatic rings. The van der Waals surface area contributed by atoms with Crippen molar-refractivity contribution in [1.29, 1.82) is 0 Å². The summed E-state index contributed by atoms with van der Waals surface area (Å²) in [7, 11) is 1.61. The fourth-order valence-corrected chi connectivity index (χ4v) is 1.63. The summed E-state index contributed by atoms with van der Waals surface area (Å²) in [5.41, 5.74) is 2.27. The lowest BCUT2D eigenvalue weighted by Crippen LogP contribution is -2.29. The molecule has 0 fully saturated rings. The maximum Gasteiger partial charge on any atom is 0.275 e. The normalized spacial score (nSPS) is 10.5. The van der Waals surface area contributed by atoms with E-state index in [1.807, 2.05) is 31.2 Å². The molecule has 0 unspecified atom stereocenters. The van der Waals surface area contributed by atoms with E-state index in [0.29, 0.717) is 0 Å². The van der Waals surface area contributed by atoms with Crippen LogP contribution in [0.5, 0.6) is 0 Å². The minimum absolute atomic E-state index is 0.0751. The SMILES string of the molecule is Cc1ccc(-n2cc(C(=O)N(C)CCO)nn2)cc1. The van der Waals surface area contributed by atoms with E-state index >= 15 is 0 Å².